The first-order valence-electron chi connectivity index (χ1n) is 6.11. The molecule has 2 radical (unpaired) electrons. The number of hydrogen-bond acceptors (Lipinski definition) is 1. The summed E-state index contributed by atoms with van der Waals surface area (Å²) in [6.45, 7) is 0. The Balaban J connectivity index is 1.99. The largest absolute Gasteiger partial charge is 0.304 e. The van der Waals surface area contributed by atoms with E-state index in [0.717, 1.165) is 25.2 Å². The number of alkyl halides is 1. The van der Waals surface area contributed by atoms with Gasteiger partial charge in [0.15, 0.2) is 0 Å². The van der Waals surface area contributed by atoms with E-state index >= 15 is 0 Å². The monoisotopic (exact) mass is 207 g/mol. The third-order valence-electron chi connectivity index (χ3n) is 5.33. The van der Waals surface area contributed by atoms with Crippen molar-refractivity contribution in [1.29, 1.82) is 0 Å². The van der Waals surface area contributed by atoms with Gasteiger partial charge in [-0.05, 0) is 57.5 Å². The van der Waals surface area contributed by atoms with Gasteiger partial charge in [0.2, 0.25) is 0 Å². The molecule has 0 N–H and O–H groups in total. The summed E-state index contributed by atoms with van der Waals surface area (Å²) in [5.74, 6) is 1.22. The van der Waals surface area contributed by atoms with E-state index in [4.69, 9.17) is 7.85 Å². The molecule has 4 unspecified atom stereocenters. The molecule has 4 aliphatic rings. The minimum Gasteiger partial charge on any atom is -0.304 e. The van der Waals surface area contributed by atoms with Gasteiger partial charge in [0.25, 0.3) is 0 Å². The fraction of sp³-hybridized carbons (Fsp3) is 1.00. The molecule has 4 rings (SSSR count). The molecule has 3 heteroatoms. The van der Waals surface area contributed by atoms with Gasteiger partial charge in [0.05, 0.1) is 7.85 Å². The number of rotatable bonds is 1. The van der Waals surface area contributed by atoms with E-state index in [9.17, 15) is 4.39 Å². The maximum Gasteiger partial charge on any atom is 0.105 e. The van der Waals surface area contributed by atoms with Gasteiger partial charge in [-0.25, -0.2) is 4.39 Å². The van der Waals surface area contributed by atoms with E-state index in [-0.39, 0.29) is 17.3 Å². The summed E-state index contributed by atoms with van der Waals surface area (Å²) in [5, 5.41) is 0. The van der Waals surface area contributed by atoms with Crippen LogP contribution in [0.5, 0.6) is 0 Å². The van der Waals surface area contributed by atoms with Crippen LogP contribution in [0.3, 0.4) is 0 Å². The van der Waals surface area contributed by atoms with E-state index in [2.05, 4.69) is 19.0 Å². The molecule has 0 amide bonds. The summed E-state index contributed by atoms with van der Waals surface area (Å²) in [7, 11) is 10.5. The topological polar surface area (TPSA) is 3.24 Å². The third-order valence-corrected chi connectivity index (χ3v) is 5.33. The quantitative estimate of drug-likeness (QED) is 0.594. The first kappa shape index (κ1) is 10.1. The van der Waals surface area contributed by atoms with Crippen molar-refractivity contribution in [2.75, 3.05) is 14.1 Å². The molecular weight excluding hydrogens is 188 g/mol. The van der Waals surface area contributed by atoms with E-state index in [1.807, 2.05) is 0 Å². The highest BCUT2D eigenvalue weighted by molar-refractivity contribution is 6.13. The zero-order valence-electron chi connectivity index (χ0n) is 9.62. The van der Waals surface area contributed by atoms with E-state index < -0.39 is 6.17 Å². The van der Waals surface area contributed by atoms with E-state index in [0.29, 0.717) is 5.92 Å². The van der Waals surface area contributed by atoms with Crippen LogP contribution >= 0.6 is 0 Å². The lowest BCUT2D eigenvalue weighted by Gasteiger charge is -2.64. The van der Waals surface area contributed by atoms with Crippen LogP contribution in [0, 0.1) is 17.8 Å². The Morgan fingerprint density at radius 1 is 1.27 bits per heavy atom. The van der Waals surface area contributed by atoms with Crippen LogP contribution in [0.1, 0.15) is 25.7 Å². The molecule has 6 atom stereocenters. The van der Waals surface area contributed by atoms with Crippen molar-refractivity contribution in [3.8, 4) is 0 Å². The molecule has 0 spiro atoms. The lowest BCUT2D eigenvalue weighted by Crippen LogP contribution is -2.64. The van der Waals surface area contributed by atoms with Gasteiger partial charge in [-0.3, -0.25) is 0 Å². The molecule has 15 heavy (non-hydrogen) atoms. The van der Waals surface area contributed by atoms with Crippen LogP contribution < -0.4 is 0 Å². The summed E-state index contributed by atoms with van der Waals surface area (Å²) in [4.78, 5) is 2.27. The third kappa shape index (κ3) is 1.13. The average Bonchev–Trinajstić information content (AvgIpc) is 2.19. The normalized spacial score (nSPS) is 57.7. The number of nitrogens with zero attached hydrogens (tertiary/aromatic N) is 1. The van der Waals surface area contributed by atoms with E-state index in [1.165, 1.54) is 6.42 Å². The summed E-state index contributed by atoms with van der Waals surface area (Å²) >= 11 is 0. The predicted molar refractivity (Wildman–Crippen MR) is 59.8 cm³/mol. The SMILES string of the molecule is [B][C@H]1C2CC3CC(CC1(N(C)C)C3)[C@H]2F. The Bertz CT molecular complexity index is 283. The Hall–Kier alpha value is -0.0451. The molecule has 0 aromatic rings. The summed E-state index contributed by atoms with van der Waals surface area (Å²) in [5.41, 5.74) is 0.110. The predicted octanol–water partition coefficient (Wildman–Crippen LogP) is 2.03. The molecule has 0 aromatic heterocycles. The molecule has 0 heterocycles. The van der Waals surface area contributed by atoms with Gasteiger partial charge in [0, 0.05) is 5.54 Å². The van der Waals surface area contributed by atoms with Crippen LogP contribution in [0.4, 0.5) is 4.39 Å². The molecule has 82 valence electrons. The van der Waals surface area contributed by atoms with Gasteiger partial charge in [-0.1, -0.05) is 5.82 Å². The molecule has 4 saturated carbocycles. The Morgan fingerprint density at radius 3 is 2.67 bits per heavy atom. The first-order chi connectivity index (χ1) is 7.04. The lowest BCUT2D eigenvalue weighted by atomic mass is 9.43. The lowest BCUT2D eigenvalue weighted by molar-refractivity contribution is -0.112. The van der Waals surface area contributed by atoms with Crippen molar-refractivity contribution in [1.82, 2.24) is 4.90 Å². The Kier molecular flexibility index (Phi) is 2.02. The van der Waals surface area contributed by atoms with Crippen LogP contribution in [0.25, 0.3) is 0 Å². The van der Waals surface area contributed by atoms with Gasteiger partial charge in [0.1, 0.15) is 6.17 Å². The molecule has 4 fully saturated rings. The zero-order chi connectivity index (χ0) is 10.8. The average molecular weight is 207 g/mol. The highest BCUT2D eigenvalue weighted by Crippen LogP contribution is 2.62. The van der Waals surface area contributed by atoms with Gasteiger partial charge < -0.3 is 4.90 Å². The maximum absolute atomic E-state index is 14.1. The fourth-order valence-corrected chi connectivity index (χ4v) is 4.60. The second-order valence-electron chi connectivity index (χ2n) is 6.14. The minimum atomic E-state index is -0.621. The Morgan fingerprint density at radius 2 is 2.00 bits per heavy atom. The standard InChI is InChI=1S/C12H19BFN/c1-15(2)12-5-7-3-8(6-12)10(14)9(4-7)11(12)13/h7-11H,3-6H2,1-2H3/t7?,8?,9?,10-,11+,12?/m1/s1. The van der Waals surface area contributed by atoms with Crippen LogP contribution in [-0.4, -0.2) is 38.6 Å². The minimum absolute atomic E-state index is 0.0512. The van der Waals surface area contributed by atoms with Crippen LogP contribution in [0.2, 0.25) is 5.82 Å². The van der Waals surface area contributed by atoms with Crippen molar-refractivity contribution >= 4 is 7.85 Å². The van der Waals surface area contributed by atoms with Crippen LogP contribution in [0.15, 0.2) is 0 Å². The van der Waals surface area contributed by atoms with Crippen LogP contribution in [-0.2, 0) is 0 Å². The summed E-state index contributed by atoms with van der Waals surface area (Å²) in [6, 6.07) is 0. The number of hydrogen-bond donors (Lipinski definition) is 0. The second kappa shape index (κ2) is 3.00. The molecule has 0 saturated heterocycles. The summed E-state index contributed by atoms with van der Waals surface area (Å²) in [6.07, 6.45) is 3.70. The Labute approximate surface area is 92.8 Å². The molecule has 0 aromatic carbocycles. The summed E-state index contributed by atoms with van der Waals surface area (Å²) < 4.78 is 14.1. The fourth-order valence-electron chi connectivity index (χ4n) is 4.60. The zero-order valence-corrected chi connectivity index (χ0v) is 9.62. The second-order valence-corrected chi connectivity index (χ2v) is 6.14. The molecule has 1 nitrogen and oxygen atoms in total. The molecule has 4 bridgehead atoms. The molecular formula is C12H19BFN. The molecule has 4 aliphatic carbocycles. The van der Waals surface area contributed by atoms with Gasteiger partial charge in [-0.15, -0.1) is 0 Å². The van der Waals surface area contributed by atoms with Crippen molar-refractivity contribution in [3.05, 3.63) is 0 Å². The van der Waals surface area contributed by atoms with Crippen molar-refractivity contribution in [2.24, 2.45) is 17.8 Å². The first-order valence-corrected chi connectivity index (χ1v) is 6.11. The van der Waals surface area contributed by atoms with E-state index in [1.54, 1.807) is 0 Å². The van der Waals surface area contributed by atoms with Crippen molar-refractivity contribution < 1.29 is 4.39 Å². The molecule has 0 aliphatic heterocycles. The van der Waals surface area contributed by atoms with Gasteiger partial charge in [-0.2, -0.15) is 0 Å². The number of halogens is 1. The smallest absolute Gasteiger partial charge is 0.105 e. The maximum atomic E-state index is 14.1. The van der Waals surface area contributed by atoms with Crippen molar-refractivity contribution in [2.45, 2.75) is 43.2 Å². The highest BCUT2D eigenvalue weighted by atomic mass is 19.1. The highest BCUT2D eigenvalue weighted by Gasteiger charge is 2.60. The van der Waals surface area contributed by atoms with Gasteiger partial charge >= 0.3 is 0 Å². The van der Waals surface area contributed by atoms with Crippen molar-refractivity contribution in [3.63, 3.8) is 0 Å².